The molecule has 6 heteroatoms. The van der Waals surface area contributed by atoms with Gasteiger partial charge in [0.05, 0.1) is 4.90 Å². The lowest BCUT2D eigenvalue weighted by Gasteiger charge is -2.22. The van der Waals surface area contributed by atoms with Crippen LogP contribution in [-0.2, 0) is 16.6 Å². The highest BCUT2D eigenvalue weighted by molar-refractivity contribution is 7.89. The molecular weight excluding hydrogens is 284 g/mol. The van der Waals surface area contributed by atoms with E-state index in [9.17, 15) is 8.42 Å². The standard InChI is InChI=1S/C13H19ClN2O2S/c14-15-10-11-5-4-8-13(9-11)19(17,18)16-12-6-2-1-3-7-12/h4-5,8-9,12,15-16H,1-3,6-7,10H2. The van der Waals surface area contributed by atoms with E-state index in [1.54, 1.807) is 18.2 Å². The SMILES string of the molecule is O=S(=O)(NC1CCCCC1)c1cccc(CNCl)c1. The van der Waals surface area contributed by atoms with Crippen molar-refractivity contribution in [2.75, 3.05) is 0 Å². The third kappa shape index (κ3) is 4.18. The molecule has 0 spiro atoms. The van der Waals surface area contributed by atoms with E-state index in [1.807, 2.05) is 6.07 Å². The number of hydrogen-bond donors (Lipinski definition) is 2. The molecule has 0 aliphatic heterocycles. The van der Waals surface area contributed by atoms with Gasteiger partial charge in [-0.25, -0.2) is 18.0 Å². The fourth-order valence-electron chi connectivity index (χ4n) is 2.41. The summed E-state index contributed by atoms with van der Waals surface area (Å²) in [6.07, 6.45) is 5.27. The smallest absolute Gasteiger partial charge is 0.229 e. The molecule has 2 N–H and O–H groups in total. The van der Waals surface area contributed by atoms with E-state index >= 15 is 0 Å². The van der Waals surface area contributed by atoms with Gasteiger partial charge in [0, 0.05) is 12.6 Å². The summed E-state index contributed by atoms with van der Waals surface area (Å²) in [6.45, 7) is 0.439. The summed E-state index contributed by atoms with van der Waals surface area (Å²) in [4.78, 5) is 2.81. The third-order valence-electron chi connectivity index (χ3n) is 3.41. The lowest BCUT2D eigenvalue weighted by atomic mass is 9.96. The molecule has 0 heterocycles. The Labute approximate surface area is 119 Å². The van der Waals surface area contributed by atoms with Gasteiger partial charge in [-0.3, -0.25) is 0 Å². The van der Waals surface area contributed by atoms with Gasteiger partial charge >= 0.3 is 0 Å². The monoisotopic (exact) mass is 302 g/mol. The summed E-state index contributed by atoms with van der Waals surface area (Å²) >= 11 is 5.44. The van der Waals surface area contributed by atoms with E-state index < -0.39 is 10.0 Å². The minimum Gasteiger partial charge on any atom is -0.229 e. The van der Waals surface area contributed by atoms with Crippen LogP contribution in [0.15, 0.2) is 29.2 Å². The molecule has 106 valence electrons. The predicted octanol–water partition coefficient (Wildman–Crippen LogP) is 2.54. The van der Waals surface area contributed by atoms with Crippen LogP contribution in [0.2, 0.25) is 0 Å². The molecule has 1 aliphatic carbocycles. The average molecular weight is 303 g/mol. The molecule has 0 bridgehead atoms. The first-order valence-corrected chi connectivity index (χ1v) is 8.43. The van der Waals surface area contributed by atoms with Gasteiger partial charge in [-0.15, -0.1) is 0 Å². The second kappa shape index (κ2) is 6.70. The molecule has 19 heavy (non-hydrogen) atoms. The summed E-state index contributed by atoms with van der Waals surface area (Å²) < 4.78 is 27.4. The summed E-state index contributed by atoms with van der Waals surface area (Å²) in [6, 6.07) is 6.92. The third-order valence-corrected chi connectivity index (χ3v) is 5.06. The number of rotatable bonds is 5. The van der Waals surface area contributed by atoms with Crippen molar-refractivity contribution in [2.45, 2.75) is 49.6 Å². The van der Waals surface area contributed by atoms with Crippen LogP contribution >= 0.6 is 11.8 Å². The highest BCUT2D eigenvalue weighted by Crippen LogP contribution is 2.20. The Kier molecular flexibility index (Phi) is 5.21. The molecule has 4 nitrogen and oxygen atoms in total. The second-order valence-corrected chi connectivity index (χ2v) is 6.90. The van der Waals surface area contributed by atoms with Gasteiger partial charge < -0.3 is 0 Å². The maximum Gasteiger partial charge on any atom is 0.240 e. The quantitative estimate of drug-likeness (QED) is 0.822. The highest BCUT2D eigenvalue weighted by atomic mass is 35.5. The molecule has 0 aromatic heterocycles. The fourth-order valence-corrected chi connectivity index (χ4v) is 3.94. The van der Waals surface area contributed by atoms with Crippen molar-refractivity contribution in [1.82, 2.24) is 9.56 Å². The number of hydrogen-bond acceptors (Lipinski definition) is 3. The Morgan fingerprint density at radius 1 is 1.21 bits per heavy atom. The minimum atomic E-state index is -3.42. The fraction of sp³-hybridized carbons (Fsp3) is 0.538. The van der Waals surface area contributed by atoms with Crippen molar-refractivity contribution in [2.24, 2.45) is 0 Å². The first-order valence-electron chi connectivity index (χ1n) is 6.56. The molecule has 1 saturated carbocycles. The molecule has 1 aliphatic rings. The summed E-state index contributed by atoms with van der Waals surface area (Å²) in [7, 11) is -3.42. The Bertz CT molecular complexity index is 513. The zero-order chi connectivity index (χ0) is 13.7. The van der Waals surface area contributed by atoms with Crippen molar-refractivity contribution in [3.8, 4) is 0 Å². The van der Waals surface area contributed by atoms with Crippen molar-refractivity contribution >= 4 is 21.8 Å². The first kappa shape index (κ1) is 14.8. The van der Waals surface area contributed by atoms with Gasteiger partial charge in [0.25, 0.3) is 0 Å². The summed E-state index contributed by atoms with van der Waals surface area (Å²) in [5.74, 6) is 0. The zero-order valence-corrected chi connectivity index (χ0v) is 12.3. The average Bonchev–Trinajstić information content (AvgIpc) is 2.40. The normalized spacial score (nSPS) is 17.5. The lowest BCUT2D eigenvalue weighted by molar-refractivity contribution is 0.412. The zero-order valence-electron chi connectivity index (χ0n) is 10.7. The molecule has 0 radical (unpaired) electrons. The van der Waals surface area contributed by atoms with Crippen molar-refractivity contribution in [3.63, 3.8) is 0 Å². The molecule has 1 aromatic rings. The molecular formula is C13H19ClN2O2S. The van der Waals surface area contributed by atoms with E-state index in [0.29, 0.717) is 11.4 Å². The number of benzene rings is 1. The van der Waals surface area contributed by atoms with Gasteiger partial charge in [0.2, 0.25) is 10.0 Å². The van der Waals surface area contributed by atoms with E-state index in [4.69, 9.17) is 11.8 Å². The number of sulfonamides is 1. The Morgan fingerprint density at radius 2 is 1.95 bits per heavy atom. The van der Waals surface area contributed by atoms with Crippen molar-refractivity contribution < 1.29 is 8.42 Å². The van der Waals surface area contributed by atoms with Crippen LogP contribution in [0, 0.1) is 0 Å². The van der Waals surface area contributed by atoms with E-state index in [-0.39, 0.29) is 6.04 Å². The van der Waals surface area contributed by atoms with Crippen LogP contribution in [0.4, 0.5) is 0 Å². The molecule has 0 saturated heterocycles. The van der Waals surface area contributed by atoms with Gasteiger partial charge in [0.1, 0.15) is 0 Å². The van der Waals surface area contributed by atoms with Crippen molar-refractivity contribution in [1.29, 1.82) is 0 Å². The van der Waals surface area contributed by atoms with Crippen LogP contribution in [0.3, 0.4) is 0 Å². The summed E-state index contributed by atoms with van der Waals surface area (Å²) in [5.41, 5.74) is 0.849. The van der Waals surface area contributed by atoms with E-state index in [0.717, 1.165) is 31.2 Å². The van der Waals surface area contributed by atoms with Crippen LogP contribution in [-0.4, -0.2) is 14.5 Å². The molecule has 0 unspecified atom stereocenters. The van der Waals surface area contributed by atoms with Crippen LogP contribution in [0.5, 0.6) is 0 Å². The van der Waals surface area contributed by atoms with Crippen molar-refractivity contribution in [3.05, 3.63) is 29.8 Å². The predicted molar refractivity (Wildman–Crippen MR) is 76.3 cm³/mol. The van der Waals surface area contributed by atoms with Crippen LogP contribution in [0.1, 0.15) is 37.7 Å². The number of nitrogens with one attached hydrogen (secondary N) is 2. The first-order chi connectivity index (χ1) is 9.12. The lowest BCUT2D eigenvalue weighted by Crippen LogP contribution is -2.36. The highest BCUT2D eigenvalue weighted by Gasteiger charge is 2.21. The van der Waals surface area contributed by atoms with Crippen LogP contribution in [0.25, 0.3) is 0 Å². The van der Waals surface area contributed by atoms with Crippen LogP contribution < -0.4 is 9.56 Å². The van der Waals surface area contributed by atoms with Gasteiger partial charge in [-0.05, 0) is 42.3 Å². The number of halogens is 1. The van der Waals surface area contributed by atoms with E-state index in [2.05, 4.69) is 9.56 Å². The molecule has 0 amide bonds. The van der Waals surface area contributed by atoms with E-state index in [1.165, 1.54) is 6.42 Å². The topological polar surface area (TPSA) is 58.2 Å². The molecule has 2 rings (SSSR count). The largest absolute Gasteiger partial charge is 0.240 e. The Balaban J connectivity index is 2.11. The van der Waals surface area contributed by atoms with Gasteiger partial charge in [0.15, 0.2) is 0 Å². The van der Waals surface area contributed by atoms with Gasteiger partial charge in [-0.2, -0.15) is 0 Å². The maximum absolute atomic E-state index is 12.3. The maximum atomic E-state index is 12.3. The minimum absolute atomic E-state index is 0.0774. The Morgan fingerprint density at radius 3 is 2.63 bits per heavy atom. The Hall–Kier alpha value is -0.620. The molecule has 1 aromatic carbocycles. The second-order valence-electron chi connectivity index (χ2n) is 4.91. The molecule has 1 fully saturated rings. The summed E-state index contributed by atoms with van der Waals surface area (Å²) in [5, 5.41) is 0. The van der Waals surface area contributed by atoms with Gasteiger partial charge in [-0.1, -0.05) is 31.4 Å². The molecule has 0 atom stereocenters.